The number of aryl methyl sites for hydroxylation is 2. The Kier molecular flexibility index (Phi) is 3.48. The largest absolute Gasteiger partial charge is 0.507 e. The first-order valence-corrected chi connectivity index (χ1v) is 7.01. The Bertz CT molecular complexity index is 768. The average molecular weight is 278 g/mol. The lowest BCUT2D eigenvalue weighted by Crippen LogP contribution is -2.01. The van der Waals surface area contributed by atoms with Crippen LogP contribution in [0.3, 0.4) is 0 Å². The molecule has 0 radical (unpaired) electrons. The summed E-state index contributed by atoms with van der Waals surface area (Å²) in [6, 6.07) is 12.2. The summed E-state index contributed by atoms with van der Waals surface area (Å²) in [5, 5.41) is 15.6. The number of nitrogens with one attached hydrogen (secondary N) is 1. The number of phenols is 1. The fraction of sp³-hybridized carbons (Fsp3) is 0.167. The number of aromatic hydroxyl groups is 1. The van der Waals surface area contributed by atoms with Crippen LogP contribution >= 0.6 is 0 Å². The molecule has 0 bridgehead atoms. The number of aromatic nitrogens is 1. The number of phenolic OH excluding ortho intramolecular Hbond substituents is 1. The Labute approximate surface area is 124 Å². The molecule has 106 valence electrons. The molecule has 2 N–H and O–H groups in total. The number of benzene rings is 2. The molecule has 3 heteroatoms. The molecule has 1 heterocycles. The Balaban J connectivity index is 1.87. The van der Waals surface area contributed by atoms with Gasteiger partial charge >= 0.3 is 0 Å². The van der Waals surface area contributed by atoms with Gasteiger partial charge in [-0.1, -0.05) is 24.3 Å². The summed E-state index contributed by atoms with van der Waals surface area (Å²) in [4.78, 5) is 4.20. The maximum Gasteiger partial charge on any atom is 0.121 e. The van der Waals surface area contributed by atoms with Crippen LogP contribution in [-0.4, -0.2) is 10.1 Å². The number of nitrogens with zero attached hydrogens (tertiary/aromatic N) is 1. The summed E-state index contributed by atoms with van der Waals surface area (Å²) >= 11 is 0. The van der Waals surface area contributed by atoms with Crippen molar-refractivity contribution in [3.8, 4) is 5.75 Å². The van der Waals surface area contributed by atoms with E-state index in [0.717, 1.165) is 34.3 Å². The lowest BCUT2D eigenvalue weighted by atomic mass is 10.1. The van der Waals surface area contributed by atoms with Crippen LogP contribution in [0.1, 0.15) is 16.7 Å². The predicted molar refractivity (Wildman–Crippen MR) is 86.7 cm³/mol. The number of fused-ring (bicyclic) bond motifs is 1. The fourth-order valence-electron chi connectivity index (χ4n) is 2.61. The molecule has 0 unspecified atom stereocenters. The van der Waals surface area contributed by atoms with Gasteiger partial charge in [0.25, 0.3) is 0 Å². The molecule has 0 aliphatic heterocycles. The van der Waals surface area contributed by atoms with Crippen molar-refractivity contribution < 1.29 is 5.11 Å². The minimum absolute atomic E-state index is 0.383. The second-order valence-corrected chi connectivity index (χ2v) is 5.33. The van der Waals surface area contributed by atoms with E-state index in [4.69, 9.17) is 0 Å². The van der Waals surface area contributed by atoms with Gasteiger partial charge in [0, 0.05) is 30.0 Å². The van der Waals surface area contributed by atoms with Crippen LogP contribution in [0.4, 0.5) is 5.69 Å². The van der Waals surface area contributed by atoms with Gasteiger partial charge in [-0.2, -0.15) is 0 Å². The van der Waals surface area contributed by atoms with Gasteiger partial charge in [0.2, 0.25) is 0 Å². The van der Waals surface area contributed by atoms with Gasteiger partial charge in [-0.3, -0.25) is 4.98 Å². The number of hydrogen-bond donors (Lipinski definition) is 2. The first-order valence-electron chi connectivity index (χ1n) is 7.01. The summed E-state index contributed by atoms with van der Waals surface area (Å²) in [6.45, 7) is 4.57. The van der Waals surface area contributed by atoms with Crippen LogP contribution in [0.5, 0.6) is 5.75 Å². The number of pyridine rings is 1. The molecular weight excluding hydrogens is 260 g/mol. The number of anilines is 1. The predicted octanol–water partition coefficient (Wildman–Crippen LogP) is 4.17. The normalized spacial score (nSPS) is 10.8. The van der Waals surface area contributed by atoms with Crippen LogP contribution in [0, 0.1) is 13.8 Å². The van der Waals surface area contributed by atoms with Gasteiger partial charge in [-0.15, -0.1) is 0 Å². The quantitative estimate of drug-likeness (QED) is 0.755. The minimum Gasteiger partial charge on any atom is -0.507 e. The molecule has 0 spiro atoms. The molecule has 0 aliphatic carbocycles. The van der Waals surface area contributed by atoms with Gasteiger partial charge in [0.1, 0.15) is 5.75 Å². The third-order valence-corrected chi connectivity index (χ3v) is 3.72. The topological polar surface area (TPSA) is 45.2 Å². The van der Waals surface area contributed by atoms with Crippen molar-refractivity contribution in [3.63, 3.8) is 0 Å². The van der Waals surface area contributed by atoms with E-state index in [9.17, 15) is 5.11 Å². The number of hydrogen-bond acceptors (Lipinski definition) is 3. The van der Waals surface area contributed by atoms with Crippen LogP contribution in [0.25, 0.3) is 10.8 Å². The molecule has 3 aromatic rings. The van der Waals surface area contributed by atoms with E-state index in [1.54, 1.807) is 6.20 Å². The summed E-state index contributed by atoms with van der Waals surface area (Å²) in [7, 11) is 0. The highest BCUT2D eigenvalue weighted by Gasteiger charge is 2.04. The fourth-order valence-corrected chi connectivity index (χ4v) is 2.61. The molecule has 0 atom stereocenters. The van der Waals surface area contributed by atoms with E-state index in [1.165, 1.54) is 5.39 Å². The lowest BCUT2D eigenvalue weighted by Gasteiger charge is -2.12. The van der Waals surface area contributed by atoms with Crippen molar-refractivity contribution in [3.05, 3.63) is 65.5 Å². The zero-order valence-electron chi connectivity index (χ0n) is 12.2. The third kappa shape index (κ3) is 2.68. The maximum atomic E-state index is 9.83. The van der Waals surface area contributed by atoms with E-state index < -0.39 is 0 Å². The molecule has 3 nitrogen and oxygen atoms in total. The molecule has 0 fully saturated rings. The zero-order valence-corrected chi connectivity index (χ0v) is 12.2. The molecule has 1 aromatic heterocycles. The minimum atomic E-state index is 0.383. The van der Waals surface area contributed by atoms with Crippen molar-refractivity contribution in [1.29, 1.82) is 0 Å². The average Bonchev–Trinajstić information content (AvgIpc) is 2.50. The van der Waals surface area contributed by atoms with Crippen molar-refractivity contribution in [2.24, 2.45) is 0 Å². The highest BCUT2D eigenvalue weighted by atomic mass is 16.3. The molecule has 21 heavy (non-hydrogen) atoms. The van der Waals surface area contributed by atoms with Crippen molar-refractivity contribution in [2.45, 2.75) is 20.4 Å². The third-order valence-electron chi connectivity index (χ3n) is 3.72. The Morgan fingerprint density at radius 3 is 2.62 bits per heavy atom. The first-order chi connectivity index (χ1) is 10.1. The van der Waals surface area contributed by atoms with E-state index in [1.807, 2.05) is 44.3 Å². The van der Waals surface area contributed by atoms with E-state index in [-0.39, 0.29) is 0 Å². The molecule has 2 aromatic carbocycles. The summed E-state index contributed by atoms with van der Waals surface area (Å²) in [6.07, 6.45) is 3.68. The second-order valence-electron chi connectivity index (χ2n) is 5.33. The van der Waals surface area contributed by atoms with Gasteiger partial charge in [-0.25, -0.2) is 0 Å². The van der Waals surface area contributed by atoms with E-state index in [2.05, 4.69) is 22.4 Å². The van der Waals surface area contributed by atoms with Gasteiger partial charge in [-0.05, 0) is 48.1 Å². The first kappa shape index (κ1) is 13.4. The van der Waals surface area contributed by atoms with E-state index >= 15 is 0 Å². The van der Waals surface area contributed by atoms with Gasteiger partial charge in [0.15, 0.2) is 0 Å². The van der Waals surface area contributed by atoms with E-state index in [0.29, 0.717) is 5.75 Å². The summed E-state index contributed by atoms with van der Waals surface area (Å²) < 4.78 is 0. The van der Waals surface area contributed by atoms with Crippen molar-refractivity contribution in [2.75, 3.05) is 5.32 Å². The van der Waals surface area contributed by atoms with Crippen LogP contribution in [0.2, 0.25) is 0 Å². The zero-order chi connectivity index (χ0) is 14.8. The highest BCUT2D eigenvalue weighted by molar-refractivity contribution is 5.93. The lowest BCUT2D eigenvalue weighted by molar-refractivity contribution is 0.466. The SMILES string of the molecule is Cc1cc(CNc2cccc3ccncc23)cc(C)c1O. The Hall–Kier alpha value is -2.55. The monoisotopic (exact) mass is 278 g/mol. The summed E-state index contributed by atoms with van der Waals surface area (Å²) in [5.74, 6) is 0.383. The molecular formula is C18H18N2O. The Morgan fingerprint density at radius 1 is 1.10 bits per heavy atom. The second kappa shape index (κ2) is 5.44. The van der Waals surface area contributed by atoms with Crippen LogP contribution in [0.15, 0.2) is 48.8 Å². The van der Waals surface area contributed by atoms with Gasteiger partial charge < -0.3 is 10.4 Å². The molecule has 0 amide bonds. The number of rotatable bonds is 3. The van der Waals surface area contributed by atoms with Crippen LogP contribution in [-0.2, 0) is 6.54 Å². The Morgan fingerprint density at radius 2 is 1.86 bits per heavy atom. The van der Waals surface area contributed by atoms with Crippen molar-refractivity contribution in [1.82, 2.24) is 4.98 Å². The molecule has 0 aliphatic rings. The maximum absolute atomic E-state index is 9.83. The highest BCUT2D eigenvalue weighted by Crippen LogP contribution is 2.25. The van der Waals surface area contributed by atoms with Gasteiger partial charge in [0.05, 0.1) is 0 Å². The molecule has 0 saturated carbocycles. The standard InChI is InChI=1S/C18H18N2O/c1-12-8-14(9-13(2)18(12)21)10-20-17-5-3-4-15-6-7-19-11-16(15)17/h3-9,11,20-21H,10H2,1-2H3. The van der Waals surface area contributed by atoms with Crippen LogP contribution < -0.4 is 5.32 Å². The molecule has 0 saturated heterocycles. The smallest absolute Gasteiger partial charge is 0.121 e. The molecule has 3 rings (SSSR count). The summed E-state index contributed by atoms with van der Waals surface area (Å²) in [5.41, 5.74) is 4.05. The van der Waals surface area contributed by atoms with Crippen molar-refractivity contribution >= 4 is 16.5 Å².